The van der Waals surface area contributed by atoms with Crippen molar-refractivity contribution in [1.29, 1.82) is 0 Å². The van der Waals surface area contributed by atoms with Crippen molar-refractivity contribution >= 4 is 17.8 Å². The first-order valence-electron chi connectivity index (χ1n) is 8.77. The normalized spacial score (nSPS) is 11.5. The van der Waals surface area contributed by atoms with Crippen molar-refractivity contribution in [2.24, 2.45) is 0 Å². The van der Waals surface area contributed by atoms with E-state index < -0.39 is 17.9 Å². The number of rotatable bonds is 8. The highest BCUT2D eigenvalue weighted by molar-refractivity contribution is 5.85. The van der Waals surface area contributed by atoms with E-state index in [9.17, 15) is 19.5 Å². The number of hydrogen-bond acceptors (Lipinski definition) is 3. The van der Waals surface area contributed by atoms with Crippen LogP contribution in [0.15, 0.2) is 48.5 Å². The summed E-state index contributed by atoms with van der Waals surface area (Å²) in [6.45, 7) is 3.87. The van der Waals surface area contributed by atoms with E-state index in [4.69, 9.17) is 0 Å². The number of hydrogen-bond donors (Lipinski definition) is 3. The van der Waals surface area contributed by atoms with Gasteiger partial charge in [-0.25, -0.2) is 4.79 Å². The van der Waals surface area contributed by atoms with Crippen LogP contribution in [0.25, 0.3) is 0 Å². The first-order valence-corrected chi connectivity index (χ1v) is 8.77. The van der Waals surface area contributed by atoms with E-state index in [1.54, 1.807) is 12.1 Å². The zero-order chi connectivity index (χ0) is 19.8. The molecule has 0 aliphatic carbocycles. The van der Waals surface area contributed by atoms with Gasteiger partial charge in [-0.1, -0.05) is 48.5 Å². The van der Waals surface area contributed by atoms with Gasteiger partial charge < -0.3 is 15.7 Å². The fourth-order valence-electron chi connectivity index (χ4n) is 2.75. The third-order valence-electron chi connectivity index (χ3n) is 4.39. The Morgan fingerprint density at radius 1 is 0.963 bits per heavy atom. The van der Waals surface area contributed by atoms with Crippen molar-refractivity contribution in [3.8, 4) is 0 Å². The zero-order valence-electron chi connectivity index (χ0n) is 15.5. The predicted octanol–water partition coefficient (Wildman–Crippen LogP) is 2.29. The average Bonchev–Trinajstić information content (AvgIpc) is 2.63. The third kappa shape index (κ3) is 5.95. The Morgan fingerprint density at radius 2 is 1.67 bits per heavy atom. The summed E-state index contributed by atoms with van der Waals surface area (Å²) >= 11 is 0. The van der Waals surface area contributed by atoms with Gasteiger partial charge in [-0.05, 0) is 36.1 Å². The highest BCUT2D eigenvalue weighted by atomic mass is 16.4. The molecule has 0 aliphatic heterocycles. The summed E-state index contributed by atoms with van der Waals surface area (Å²) < 4.78 is 0. The second-order valence-corrected chi connectivity index (χ2v) is 6.39. The molecular formula is C21H24N2O4. The van der Waals surface area contributed by atoms with Crippen LogP contribution in [0, 0.1) is 13.8 Å². The van der Waals surface area contributed by atoms with Crippen LogP contribution in [0.3, 0.4) is 0 Å². The molecule has 0 saturated carbocycles. The molecule has 2 aromatic carbocycles. The molecule has 6 nitrogen and oxygen atoms in total. The summed E-state index contributed by atoms with van der Waals surface area (Å²) in [5.41, 5.74) is 3.24. The Kier molecular flexibility index (Phi) is 7.11. The molecule has 2 aromatic rings. The number of benzene rings is 2. The fraction of sp³-hybridized carbons (Fsp3) is 0.286. The van der Waals surface area contributed by atoms with Gasteiger partial charge in [0.05, 0.1) is 6.42 Å². The van der Waals surface area contributed by atoms with E-state index in [2.05, 4.69) is 10.6 Å². The van der Waals surface area contributed by atoms with E-state index >= 15 is 0 Å². The van der Waals surface area contributed by atoms with E-state index in [-0.39, 0.29) is 25.3 Å². The van der Waals surface area contributed by atoms with Crippen LogP contribution in [0.1, 0.15) is 34.7 Å². The monoisotopic (exact) mass is 368 g/mol. The molecule has 1 unspecified atom stereocenters. The molecule has 0 radical (unpaired) electrons. The second kappa shape index (κ2) is 9.52. The summed E-state index contributed by atoms with van der Waals surface area (Å²) in [5.74, 6) is -1.73. The molecule has 2 amide bonds. The minimum Gasteiger partial charge on any atom is -0.479 e. The third-order valence-corrected chi connectivity index (χ3v) is 4.39. The number of amides is 2. The van der Waals surface area contributed by atoms with Crippen molar-refractivity contribution in [1.82, 2.24) is 10.6 Å². The van der Waals surface area contributed by atoms with Crippen molar-refractivity contribution in [2.75, 3.05) is 6.54 Å². The van der Waals surface area contributed by atoms with Crippen molar-refractivity contribution < 1.29 is 19.5 Å². The molecule has 0 heterocycles. The first-order chi connectivity index (χ1) is 12.9. The van der Waals surface area contributed by atoms with Gasteiger partial charge in [0, 0.05) is 13.0 Å². The SMILES string of the molecule is Cc1cccc(C(NC(=O)CCNC(=O)Cc2ccccc2)C(=O)O)c1C. The van der Waals surface area contributed by atoms with Crippen LogP contribution in [-0.4, -0.2) is 29.4 Å². The first kappa shape index (κ1) is 20.2. The largest absolute Gasteiger partial charge is 0.479 e. The fourth-order valence-corrected chi connectivity index (χ4v) is 2.75. The Hall–Kier alpha value is -3.15. The smallest absolute Gasteiger partial charge is 0.330 e. The van der Waals surface area contributed by atoms with Crippen LogP contribution in [-0.2, 0) is 20.8 Å². The molecule has 2 rings (SSSR count). The van der Waals surface area contributed by atoms with E-state index in [1.807, 2.05) is 50.2 Å². The minimum atomic E-state index is -1.12. The van der Waals surface area contributed by atoms with Crippen molar-refractivity contribution in [3.05, 3.63) is 70.8 Å². The molecule has 0 spiro atoms. The van der Waals surface area contributed by atoms with E-state index in [0.29, 0.717) is 5.56 Å². The molecule has 0 fully saturated rings. The number of aryl methyl sites for hydroxylation is 1. The van der Waals surface area contributed by atoms with Crippen LogP contribution in [0.2, 0.25) is 0 Å². The zero-order valence-corrected chi connectivity index (χ0v) is 15.5. The number of nitrogens with one attached hydrogen (secondary N) is 2. The van der Waals surface area contributed by atoms with Crippen LogP contribution < -0.4 is 10.6 Å². The van der Waals surface area contributed by atoms with Gasteiger partial charge >= 0.3 is 5.97 Å². The summed E-state index contributed by atoms with van der Waals surface area (Å²) in [7, 11) is 0. The summed E-state index contributed by atoms with van der Waals surface area (Å²) in [6.07, 6.45) is 0.248. The van der Waals surface area contributed by atoms with Gasteiger partial charge in [0.1, 0.15) is 0 Å². The molecule has 142 valence electrons. The number of carboxylic acids is 1. The Balaban J connectivity index is 1.86. The highest BCUT2D eigenvalue weighted by Crippen LogP contribution is 2.21. The second-order valence-electron chi connectivity index (χ2n) is 6.39. The molecule has 1 atom stereocenters. The molecular weight excluding hydrogens is 344 g/mol. The Bertz CT molecular complexity index is 818. The maximum Gasteiger partial charge on any atom is 0.330 e. The lowest BCUT2D eigenvalue weighted by Gasteiger charge is -2.18. The van der Waals surface area contributed by atoms with Crippen molar-refractivity contribution in [2.45, 2.75) is 32.7 Å². The lowest BCUT2D eigenvalue weighted by atomic mass is 9.97. The molecule has 0 aromatic heterocycles. The lowest BCUT2D eigenvalue weighted by Crippen LogP contribution is -2.36. The predicted molar refractivity (Wildman–Crippen MR) is 102 cm³/mol. The molecule has 0 saturated heterocycles. The summed E-state index contributed by atoms with van der Waals surface area (Å²) in [5, 5.41) is 14.7. The molecule has 0 aliphatic rings. The lowest BCUT2D eigenvalue weighted by molar-refractivity contribution is -0.142. The number of aliphatic carboxylic acids is 1. The van der Waals surface area contributed by atoms with Gasteiger partial charge in [-0.2, -0.15) is 0 Å². The van der Waals surface area contributed by atoms with Crippen LogP contribution in [0.5, 0.6) is 0 Å². The van der Waals surface area contributed by atoms with Gasteiger partial charge in [-0.3, -0.25) is 9.59 Å². The average molecular weight is 368 g/mol. The van der Waals surface area contributed by atoms with E-state index in [1.165, 1.54) is 0 Å². The van der Waals surface area contributed by atoms with Gasteiger partial charge in [0.2, 0.25) is 11.8 Å². The van der Waals surface area contributed by atoms with Crippen LogP contribution >= 0.6 is 0 Å². The molecule has 0 bridgehead atoms. The topological polar surface area (TPSA) is 95.5 Å². The Labute approximate surface area is 158 Å². The molecule has 3 N–H and O–H groups in total. The number of carbonyl (C=O) groups is 3. The minimum absolute atomic E-state index is 0.00910. The Morgan fingerprint density at radius 3 is 2.33 bits per heavy atom. The highest BCUT2D eigenvalue weighted by Gasteiger charge is 2.23. The quantitative estimate of drug-likeness (QED) is 0.666. The van der Waals surface area contributed by atoms with E-state index in [0.717, 1.165) is 16.7 Å². The van der Waals surface area contributed by atoms with Gasteiger partial charge in [-0.15, -0.1) is 0 Å². The number of carboxylic acid groups (broad SMARTS) is 1. The maximum absolute atomic E-state index is 12.1. The molecule has 27 heavy (non-hydrogen) atoms. The summed E-state index contributed by atoms with van der Waals surface area (Å²) in [4.78, 5) is 35.6. The van der Waals surface area contributed by atoms with Crippen molar-refractivity contribution in [3.63, 3.8) is 0 Å². The van der Waals surface area contributed by atoms with Crippen LogP contribution in [0.4, 0.5) is 0 Å². The van der Waals surface area contributed by atoms with Gasteiger partial charge in [0.15, 0.2) is 6.04 Å². The summed E-state index contributed by atoms with van der Waals surface area (Å²) in [6, 6.07) is 13.5. The standard InChI is InChI=1S/C21H24N2O4/c1-14-7-6-10-17(15(14)2)20(21(26)27)23-18(24)11-12-22-19(25)13-16-8-4-3-5-9-16/h3-10,20H,11-13H2,1-2H3,(H,22,25)(H,23,24)(H,26,27). The van der Waals surface area contributed by atoms with Gasteiger partial charge in [0.25, 0.3) is 0 Å². The maximum atomic E-state index is 12.1. The number of carbonyl (C=O) groups excluding carboxylic acids is 2. The molecule has 6 heteroatoms.